The van der Waals surface area contributed by atoms with Gasteiger partial charge in [-0.3, -0.25) is 19.2 Å². The van der Waals surface area contributed by atoms with E-state index in [2.05, 4.69) is 15.4 Å². The van der Waals surface area contributed by atoms with Crippen molar-refractivity contribution in [1.82, 2.24) is 15.2 Å². The maximum atomic E-state index is 14.0. The van der Waals surface area contributed by atoms with Crippen molar-refractivity contribution in [2.75, 3.05) is 13.7 Å². The van der Waals surface area contributed by atoms with Crippen LogP contribution in [0, 0.1) is 29.2 Å². The zero-order chi connectivity index (χ0) is 34.7. The van der Waals surface area contributed by atoms with Crippen LogP contribution in [0.3, 0.4) is 0 Å². The molecule has 5 rings (SSSR count). The molecule has 0 saturated carbocycles. The zero-order valence-electron chi connectivity index (χ0n) is 25.3. The van der Waals surface area contributed by atoms with E-state index in [4.69, 9.17) is 9.47 Å². The lowest BCUT2D eigenvalue weighted by Gasteiger charge is -2.31. The van der Waals surface area contributed by atoms with Gasteiger partial charge >= 0.3 is 12.1 Å². The molecule has 0 radical (unpaired) electrons. The summed E-state index contributed by atoms with van der Waals surface area (Å²) in [7, 11) is 1.42. The Morgan fingerprint density at radius 3 is 2.40 bits per heavy atom. The van der Waals surface area contributed by atoms with Crippen molar-refractivity contribution in [3.63, 3.8) is 0 Å². The standard InChI is InChI=1S/C32H29F4N3O9/c1-46-23-4-2-3-5-24(23)48-32(45)38-19-7-6-15-8-9-39-13-16(10-21(40)26(19)29(15)39)31(44)37-20(12-25(42)43)22(41)14-47-30-27(35)17(33)11-18(34)28(30)36/h2-5,8-9,11,16,19-20,26H,6-7,10,12-14H2,1H3,(H,37,44)(H,38,45)(H,42,43). The number of hydrogen-bond donors (Lipinski definition) is 3. The van der Waals surface area contributed by atoms with Gasteiger partial charge in [-0.1, -0.05) is 12.1 Å². The molecule has 4 atom stereocenters. The number of halogens is 4. The van der Waals surface area contributed by atoms with Crippen LogP contribution in [0.4, 0.5) is 22.4 Å². The SMILES string of the molecule is COc1ccccc1OC(=O)NC1CCc2ccn3c2C1C(=O)CC(C(=O)NC(CC(=O)O)C(=O)COc1c(F)c(F)cc(F)c1F)C3. The number of carboxylic acids is 1. The molecule has 0 bridgehead atoms. The molecule has 2 amide bonds. The van der Waals surface area contributed by atoms with Crippen LogP contribution in [-0.4, -0.2) is 65.0 Å². The summed E-state index contributed by atoms with van der Waals surface area (Å²) < 4.78 is 72.1. The van der Waals surface area contributed by atoms with E-state index in [0.717, 1.165) is 5.56 Å². The Hall–Kier alpha value is -5.41. The molecular weight excluding hydrogens is 646 g/mol. The predicted octanol–water partition coefficient (Wildman–Crippen LogP) is 3.44. The number of para-hydroxylation sites is 2. The summed E-state index contributed by atoms with van der Waals surface area (Å²) in [4.78, 5) is 64.4. The molecule has 1 aliphatic heterocycles. The second-order valence-corrected chi connectivity index (χ2v) is 11.3. The largest absolute Gasteiger partial charge is 0.493 e. The van der Waals surface area contributed by atoms with Crippen LogP contribution in [-0.2, 0) is 32.1 Å². The van der Waals surface area contributed by atoms with E-state index in [0.29, 0.717) is 24.3 Å². The van der Waals surface area contributed by atoms with E-state index < -0.39 is 95.5 Å². The molecule has 0 saturated heterocycles. The van der Waals surface area contributed by atoms with Gasteiger partial charge in [0.25, 0.3) is 0 Å². The molecule has 3 aromatic rings. The smallest absolute Gasteiger partial charge is 0.412 e. The fourth-order valence-electron chi connectivity index (χ4n) is 5.94. The number of aryl methyl sites for hydroxylation is 1. The molecule has 1 aromatic heterocycles. The number of aromatic nitrogens is 1. The Morgan fingerprint density at radius 2 is 1.73 bits per heavy atom. The van der Waals surface area contributed by atoms with Gasteiger partial charge in [-0.05, 0) is 36.6 Å². The van der Waals surface area contributed by atoms with Crippen molar-refractivity contribution in [3.05, 3.63) is 77.1 Å². The summed E-state index contributed by atoms with van der Waals surface area (Å²) in [5.41, 5.74) is 1.44. The maximum absolute atomic E-state index is 14.0. The molecule has 16 heteroatoms. The second-order valence-electron chi connectivity index (χ2n) is 11.3. The minimum atomic E-state index is -1.91. The van der Waals surface area contributed by atoms with Crippen LogP contribution >= 0.6 is 0 Å². The van der Waals surface area contributed by atoms with E-state index in [1.807, 2.05) is 0 Å². The number of Topliss-reactive ketones (excluding diaryl/α,β-unsaturated/α-hetero) is 2. The summed E-state index contributed by atoms with van der Waals surface area (Å²) >= 11 is 0. The van der Waals surface area contributed by atoms with Gasteiger partial charge in [0.15, 0.2) is 34.7 Å². The van der Waals surface area contributed by atoms with Gasteiger partial charge in [-0.25, -0.2) is 13.6 Å². The molecule has 254 valence electrons. The number of carboxylic acid groups (broad SMARTS) is 1. The number of methoxy groups -OCH3 is 1. The Balaban J connectivity index is 1.29. The number of nitrogens with one attached hydrogen (secondary N) is 2. The normalized spacial score (nSPS) is 18.9. The minimum Gasteiger partial charge on any atom is -0.493 e. The van der Waals surface area contributed by atoms with Crippen LogP contribution in [0.2, 0.25) is 0 Å². The first-order chi connectivity index (χ1) is 22.9. The van der Waals surface area contributed by atoms with E-state index in [1.165, 1.54) is 13.2 Å². The Bertz CT molecular complexity index is 1750. The monoisotopic (exact) mass is 675 g/mol. The molecule has 48 heavy (non-hydrogen) atoms. The third kappa shape index (κ3) is 7.11. The predicted molar refractivity (Wildman–Crippen MR) is 156 cm³/mol. The number of ketones is 2. The van der Waals surface area contributed by atoms with Crippen molar-refractivity contribution in [2.45, 2.75) is 50.2 Å². The number of amides is 2. The van der Waals surface area contributed by atoms with Gasteiger partial charge in [0.05, 0.1) is 25.4 Å². The van der Waals surface area contributed by atoms with Crippen LogP contribution < -0.4 is 24.8 Å². The van der Waals surface area contributed by atoms with Crippen molar-refractivity contribution in [2.24, 2.45) is 5.92 Å². The van der Waals surface area contributed by atoms with Gasteiger partial charge in [-0.2, -0.15) is 8.78 Å². The number of nitrogens with zero attached hydrogens (tertiary/aromatic N) is 1. The average molecular weight is 676 g/mol. The molecule has 0 fully saturated rings. The zero-order valence-corrected chi connectivity index (χ0v) is 25.3. The molecule has 3 N–H and O–H groups in total. The molecule has 1 aliphatic carbocycles. The van der Waals surface area contributed by atoms with Crippen LogP contribution in [0.15, 0.2) is 42.6 Å². The number of carbonyl (C=O) groups is 5. The molecule has 12 nitrogen and oxygen atoms in total. The lowest BCUT2D eigenvalue weighted by Crippen LogP contribution is -2.47. The summed E-state index contributed by atoms with van der Waals surface area (Å²) in [6.45, 7) is -1.28. The summed E-state index contributed by atoms with van der Waals surface area (Å²) in [6, 6.07) is 5.74. The summed E-state index contributed by atoms with van der Waals surface area (Å²) in [5, 5.41) is 14.4. The van der Waals surface area contributed by atoms with Crippen molar-refractivity contribution >= 4 is 29.5 Å². The minimum absolute atomic E-state index is 0.0364. The molecule has 4 unspecified atom stereocenters. The highest BCUT2D eigenvalue weighted by Crippen LogP contribution is 2.38. The Labute approximate surface area is 269 Å². The number of carbonyl (C=O) groups excluding carboxylic acids is 4. The van der Waals surface area contributed by atoms with E-state index in [-0.39, 0.29) is 24.8 Å². The van der Waals surface area contributed by atoms with Crippen molar-refractivity contribution in [3.8, 4) is 17.2 Å². The highest BCUT2D eigenvalue weighted by Gasteiger charge is 2.43. The van der Waals surface area contributed by atoms with Crippen LogP contribution in [0.5, 0.6) is 17.2 Å². The molecule has 2 heterocycles. The first kappa shape index (κ1) is 33.9. The summed E-state index contributed by atoms with van der Waals surface area (Å²) in [6.07, 6.45) is 0.432. The lowest BCUT2D eigenvalue weighted by atomic mass is 9.79. The van der Waals surface area contributed by atoms with Crippen LogP contribution in [0.25, 0.3) is 0 Å². The fourth-order valence-corrected chi connectivity index (χ4v) is 5.94. The third-order valence-electron chi connectivity index (χ3n) is 8.19. The third-order valence-corrected chi connectivity index (χ3v) is 8.19. The molecule has 0 spiro atoms. The van der Waals surface area contributed by atoms with Gasteiger partial charge in [-0.15, -0.1) is 0 Å². The Morgan fingerprint density at radius 1 is 1.04 bits per heavy atom. The Kier molecular flexibility index (Phi) is 10.0. The molecule has 2 aromatic carbocycles. The van der Waals surface area contributed by atoms with Crippen molar-refractivity contribution < 1.29 is 60.9 Å². The topological polar surface area (TPSA) is 162 Å². The average Bonchev–Trinajstić information content (AvgIpc) is 3.37. The first-order valence-corrected chi connectivity index (χ1v) is 14.7. The van der Waals surface area contributed by atoms with E-state index in [1.54, 1.807) is 35.0 Å². The van der Waals surface area contributed by atoms with Crippen molar-refractivity contribution in [1.29, 1.82) is 0 Å². The fraction of sp³-hybridized carbons (Fsp3) is 0.344. The number of rotatable bonds is 11. The summed E-state index contributed by atoms with van der Waals surface area (Å²) in [5.74, 6) is -14.4. The lowest BCUT2D eigenvalue weighted by molar-refractivity contribution is -0.141. The molecule has 2 aliphatic rings. The van der Waals surface area contributed by atoms with Gasteiger partial charge < -0.3 is 34.5 Å². The quantitative estimate of drug-likeness (QED) is 0.204. The number of ether oxygens (including phenoxy) is 3. The van der Waals surface area contributed by atoms with Gasteiger partial charge in [0.1, 0.15) is 18.4 Å². The van der Waals surface area contributed by atoms with E-state index in [9.17, 15) is 46.6 Å². The van der Waals surface area contributed by atoms with Gasteiger partial charge in [0, 0.05) is 37.0 Å². The maximum Gasteiger partial charge on any atom is 0.412 e. The number of benzene rings is 2. The number of aliphatic carboxylic acids is 1. The first-order valence-electron chi connectivity index (χ1n) is 14.7. The van der Waals surface area contributed by atoms with Gasteiger partial charge in [0.2, 0.25) is 17.5 Å². The second kappa shape index (κ2) is 14.1. The number of hydrogen-bond acceptors (Lipinski definition) is 8. The molecular formula is C32H29F4N3O9. The van der Waals surface area contributed by atoms with Crippen LogP contribution in [0.1, 0.15) is 36.4 Å². The van der Waals surface area contributed by atoms with E-state index >= 15 is 0 Å². The highest BCUT2D eigenvalue weighted by molar-refractivity contribution is 5.96. The highest BCUT2D eigenvalue weighted by atomic mass is 19.2.